The van der Waals surface area contributed by atoms with Crippen molar-refractivity contribution in [2.24, 2.45) is 0 Å². The number of carbonyl (C=O) groups excluding carboxylic acids is 1. The number of likely N-dealkylation sites (tertiary alicyclic amines) is 1. The Kier molecular flexibility index (Phi) is 3.94. The van der Waals surface area contributed by atoms with Gasteiger partial charge < -0.3 is 20.2 Å². The molecule has 1 aliphatic rings. The van der Waals surface area contributed by atoms with Crippen LogP contribution in [0, 0.1) is 5.82 Å². The molecule has 2 rings (SSSR count). The average molecular weight is 303 g/mol. The Balaban J connectivity index is 2.60. The molecule has 0 aromatic carbocycles. The van der Waals surface area contributed by atoms with Crippen LogP contribution in [0.5, 0.6) is 0 Å². The summed E-state index contributed by atoms with van der Waals surface area (Å²) in [6.45, 7) is 0.447. The minimum absolute atomic E-state index is 0.539. The van der Waals surface area contributed by atoms with Gasteiger partial charge in [0.2, 0.25) is 11.7 Å². The van der Waals surface area contributed by atoms with Gasteiger partial charge >= 0.3 is 5.69 Å². The number of hydrogen-bond acceptors (Lipinski definition) is 6. The van der Waals surface area contributed by atoms with E-state index in [4.69, 9.17) is 0 Å². The first kappa shape index (κ1) is 15.4. The molecule has 0 unspecified atom stereocenters. The van der Waals surface area contributed by atoms with Crippen LogP contribution in [-0.2, 0) is 4.79 Å². The summed E-state index contributed by atoms with van der Waals surface area (Å²) in [6, 6.07) is -1.15. The number of H-pyrrole nitrogens is 1. The molecule has 0 spiro atoms. The molecular formula is C11H14FN3O6. The fourth-order valence-corrected chi connectivity index (χ4v) is 2.50. The first-order valence-corrected chi connectivity index (χ1v) is 6.06. The van der Waals surface area contributed by atoms with Crippen LogP contribution < -0.4 is 11.2 Å². The maximum Gasteiger partial charge on any atom is 0.330 e. The number of aromatic nitrogens is 2. The number of amides is 1. The number of aliphatic hydroxyl groups is 3. The van der Waals surface area contributed by atoms with E-state index in [1.54, 1.807) is 4.98 Å². The minimum atomic E-state index is -1.63. The van der Waals surface area contributed by atoms with Crippen LogP contribution in [-0.4, -0.2) is 60.5 Å². The second-order valence-electron chi connectivity index (χ2n) is 4.71. The van der Waals surface area contributed by atoms with Crippen LogP contribution in [0.4, 0.5) is 4.39 Å². The van der Waals surface area contributed by atoms with E-state index in [0.717, 1.165) is 11.8 Å². The summed E-state index contributed by atoms with van der Waals surface area (Å²) in [5.74, 6) is -1.93. The van der Waals surface area contributed by atoms with Gasteiger partial charge in [0.25, 0.3) is 5.56 Å². The fraction of sp³-hybridized carbons (Fsp3) is 0.545. The predicted molar refractivity (Wildman–Crippen MR) is 65.7 cm³/mol. The lowest BCUT2D eigenvalue weighted by Crippen LogP contribution is -2.46. The smallest absolute Gasteiger partial charge is 0.330 e. The largest absolute Gasteiger partial charge is 0.394 e. The lowest BCUT2D eigenvalue weighted by Gasteiger charge is -2.29. The Morgan fingerprint density at radius 1 is 1.38 bits per heavy atom. The predicted octanol–water partition coefficient (Wildman–Crippen LogP) is -2.88. The first-order chi connectivity index (χ1) is 9.79. The van der Waals surface area contributed by atoms with E-state index >= 15 is 0 Å². The molecule has 1 amide bonds. The van der Waals surface area contributed by atoms with Gasteiger partial charge in [0.1, 0.15) is 18.4 Å². The Morgan fingerprint density at radius 2 is 2.00 bits per heavy atom. The Labute approximate surface area is 116 Å². The van der Waals surface area contributed by atoms with Gasteiger partial charge in [0, 0.05) is 6.92 Å². The van der Waals surface area contributed by atoms with E-state index in [-0.39, 0.29) is 0 Å². The SMILES string of the molecule is CC(=O)N1[C@H](CO)[C@@H](O)[C@@H](O)[C@H]1n1cc(F)c(=O)[nH]c1=O. The fourth-order valence-electron chi connectivity index (χ4n) is 2.50. The molecule has 0 bridgehead atoms. The van der Waals surface area contributed by atoms with Crippen molar-refractivity contribution in [3.05, 3.63) is 32.9 Å². The van der Waals surface area contributed by atoms with E-state index in [9.17, 15) is 34.1 Å². The number of carbonyl (C=O) groups is 1. The number of hydrogen-bond donors (Lipinski definition) is 4. The summed E-state index contributed by atoms with van der Waals surface area (Å²) in [6.07, 6.45) is -4.05. The van der Waals surface area contributed by atoms with Crippen molar-refractivity contribution in [1.29, 1.82) is 0 Å². The highest BCUT2D eigenvalue weighted by Gasteiger charge is 2.50. The van der Waals surface area contributed by atoms with Gasteiger partial charge in [-0.05, 0) is 0 Å². The second kappa shape index (κ2) is 5.39. The van der Waals surface area contributed by atoms with Crippen molar-refractivity contribution in [1.82, 2.24) is 14.5 Å². The number of halogens is 1. The summed E-state index contributed by atoms with van der Waals surface area (Å²) < 4.78 is 13.9. The molecule has 9 nitrogen and oxygen atoms in total. The highest BCUT2D eigenvalue weighted by Crippen LogP contribution is 2.31. The van der Waals surface area contributed by atoms with Gasteiger partial charge in [0.15, 0.2) is 0 Å². The molecular weight excluding hydrogens is 289 g/mol. The summed E-state index contributed by atoms with van der Waals surface area (Å²) in [5, 5.41) is 29.0. The zero-order valence-electron chi connectivity index (χ0n) is 10.9. The third-order valence-corrected chi connectivity index (χ3v) is 3.45. The average Bonchev–Trinajstić information content (AvgIpc) is 2.66. The normalized spacial score (nSPS) is 28.9. The number of aromatic amines is 1. The van der Waals surface area contributed by atoms with E-state index in [1.807, 2.05) is 0 Å². The maximum atomic E-state index is 13.3. The summed E-state index contributed by atoms with van der Waals surface area (Å²) in [7, 11) is 0. The summed E-state index contributed by atoms with van der Waals surface area (Å²) in [4.78, 5) is 37.0. The van der Waals surface area contributed by atoms with E-state index in [0.29, 0.717) is 10.8 Å². The Morgan fingerprint density at radius 3 is 2.52 bits per heavy atom. The monoisotopic (exact) mass is 303 g/mol. The highest BCUT2D eigenvalue weighted by molar-refractivity contribution is 5.74. The van der Waals surface area contributed by atoms with Crippen molar-refractivity contribution in [3.8, 4) is 0 Å². The van der Waals surface area contributed by atoms with Gasteiger partial charge in [-0.25, -0.2) is 4.79 Å². The molecule has 0 radical (unpaired) electrons. The molecule has 2 heterocycles. The van der Waals surface area contributed by atoms with Gasteiger partial charge in [0.05, 0.1) is 18.8 Å². The van der Waals surface area contributed by atoms with Crippen LogP contribution in [0.15, 0.2) is 15.8 Å². The summed E-state index contributed by atoms with van der Waals surface area (Å²) >= 11 is 0. The first-order valence-electron chi connectivity index (χ1n) is 6.06. The quantitative estimate of drug-likeness (QED) is 0.463. The number of nitrogens with zero attached hydrogens (tertiary/aromatic N) is 2. The second-order valence-corrected chi connectivity index (χ2v) is 4.71. The van der Waals surface area contributed by atoms with Crippen LogP contribution in [0.1, 0.15) is 13.1 Å². The molecule has 10 heteroatoms. The molecule has 21 heavy (non-hydrogen) atoms. The third kappa shape index (κ3) is 2.37. The topological polar surface area (TPSA) is 136 Å². The van der Waals surface area contributed by atoms with Crippen LogP contribution >= 0.6 is 0 Å². The zero-order chi connectivity index (χ0) is 15.9. The standard InChI is InChI=1S/C11H14FN3O6/c1-4(17)15-6(3-16)7(18)8(19)10(15)14-2-5(12)9(20)13-11(14)21/h2,6-8,10,16,18-19H,3H2,1H3,(H,13,20,21)/t6-,7-,8-,10+/m1/s1. The van der Waals surface area contributed by atoms with E-state index in [1.165, 1.54) is 0 Å². The van der Waals surface area contributed by atoms with Gasteiger partial charge in [-0.1, -0.05) is 0 Å². The lowest BCUT2D eigenvalue weighted by molar-refractivity contribution is -0.136. The molecule has 116 valence electrons. The van der Waals surface area contributed by atoms with Crippen LogP contribution in [0.25, 0.3) is 0 Å². The van der Waals surface area contributed by atoms with Crippen LogP contribution in [0.2, 0.25) is 0 Å². The van der Waals surface area contributed by atoms with Crippen molar-refractivity contribution < 1.29 is 24.5 Å². The van der Waals surface area contributed by atoms with E-state index in [2.05, 4.69) is 0 Å². The molecule has 0 aliphatic carbocycles. The molecule has 4 N–H and O–H groups in total. The number of nitrogens with one attached hydrogen (secondary N) is 1. The zero-order valence-corrected chi connectivity index (χ0v) is 10.9. The molecule has 1 saturated heterocycles. The number of aliphatic hydroxyl groups excluding tert-OH is 3. The molecule has 1 aliphatic heterocycles. The van der Waals surface area contributed by atoms with Crippen molar-refractivity contribution in [2.45, 2.75) is 31.3 Å². The Bertz CT molecular complexity index is 671. The lowest BCUT2D eigenvalue weighted by atomic mass is 10.1. The molecule has 1 aromatic heterocycles. The number of rotatable bonds is 2. The van der Waals surface area contributed by atoms with Gasteiger partial charge in [-0.3, -0.25) is 19.1 Å². The van der Waals surface area contributed by atoms with E-state index < -0.39 is 54.0 Å². The van der Waals surface area contributed by atoms with Crippen molar-refractivity contribution in [2.75, 3.05) is 6.61 Å². The highest BCUT2D eigenvalue weighted by atomic mass is 19.1. The van der Waals surface area contributed by atoms with Crippen LogP contribution in [0.3, 0.4) is 0 Å². The van der Waals surface area contributed by atoms with Gasteiger partial charge in [-0.2, -0.15) is 4.39 Å². The minimum Gasteiger partial charge on any atom is -0.394 e. The van der Waals surface area contributed by atoms with Crippen molar-refractivity contribution >= 4 is 5.91 Å². The van der Waals surface area contributed by atoms with Crippen molar-refractivity contribution in [3.63, 3.8) is 0 Å². The molecule has 1 aromatic rings. The molecule has 4 atom stereocenters. The van der Waals surface area contributed by atoms with Gasteiger partial charge in [-0.15, -0.1) is 0 Å². The molecule has 0 saturated carbocycles. The third-order valence-electron chi connectivity index (χ3n) is 3.45. The summed E-state index contributed by atoms with van der Waals surface area (Å²) in [5.41, 5.74) is -2.29. The molecule has 1 fully saturated rings. The maximum absolute atomic E-state index is 13.3. The Hall–Kier alpha value is -2.04.